The molecule has 1 aromatic carbocycles. The number of nitrogens with zero attached hydrogens (tertiary/aromatic N) is 2. The number of nitrogens with one attached hydrogen (secondary N) is 9. The number of aliphatic carboxylic acids is 2. The molecule has 1 aromatic heterocycles. The maximum Gasteiger partial charge on any atom is 0.328 e. The minimum Gasteiger partial charge on any atom is -0.481 e. The molecule has 474 valence electrons. The number of carbonyl (C=O) groups is 11. The van der Waals surface area contributed by atoms with Crippen LogP contribution in [0.15, 0.2) is 35.5 Å². The Balaban J connectivity index is 1.94. The van der Waals surface area contributed by atoms with E-state index in [2.05, 4.69) is 52.5 Å². The zero-order valence-corrected chi connectivity index (χ0v) is 49.2. The zero-order chi connectivity index (χ0) is 63.8. The second-order valence-corrected chi connectivity index (χ2v) is 22.2. The van der Waals surface area contributed by atoms with Gasteiger partial charge >= 0.3 is 11.9 Å². The molecular weight excluding hydrogens is 1110 g/mol. The fourth-order valence-corrected chi connectivity index (χ4v) is 9.42. The molecule has 2 heterocycles. The molecule has 0 unspecified atom stereocenters. The lowest BCUT2D eigenvalue weighted by Crippen LogP contribution is -2.61. The summed E-state index contributed by atoms with van der Waals surface area (Å²) < 4.78 is 0. The summed E-state index contributed by atoms with van der Waals surface area (Å²) in [5.41, 5.74) is 17.9. The molecule has 2 aromatic rings. The molecule has 1 aliphatic rings. The number of carboxylic acids is 2. The summed E-state index contributed by atoms with van der Waals surface area (Å²) in [6, 6.07) is -7.52. The molecule has 3 rings (SSSR count). The summed E-state index contributed by atoms with van der Waals surface area (Å²) in [7, 11) is 0. The molecule has 30 nitrogen and oxygen atoms in total. The normalized spacial score (nSPS) is 17.0. The fraction of sp³-hybridized carbons (Fsp3) is 0.636. The van der Waals surface area contributed by atoms with Crippen LogP contribution in [0.3, 0.4) is 0 Å². The van der Waals surface area contributed by atoms with Crippen LogP contribution in [0.5, 0.6) is 0 Å². The van der Waals surface area contributed by atoms with E-state index in [1.54, 1.807) is 72.0 Å². The van der Waals surface area contributed by atoms with E-state index in [0.29, 0.717) is 29.3 Å². The number of aliphatic hydroxyl groups is 3. The number of aromatic amines is 1. The highest BCUT2D eigenvalue weighted by Gasteiger charge is 2.42. The number of benzene rings is 1. The number of rotatable bonds is 36. The summed E-state index contributed by atoms with van der Waals surface area (Å²) in [6.07, 6.45) is -0.587. The van der Waals surface area contributed by atoms with Crippen LogP contribution in [0.25, 0.3) is 10.9 Å². The number of hydrogen-bond acceptors (Lipinski definition) is 16. The Hall–Kier alpha value is -7.96. The Kier molecular flexibility index (Phi) is 29.1. The number of H-pyrrole nitrogens is 1. The number of hydrogen-bond donors (Lipinski definition) is 17. The lowest BCUT2D eigenvalue weighted by atomic mass is 9.97. The molecular formula is C55H88N14O16. The van der Waals surface area contributed by atoms with Crippen LogP contribution >= 0.6 is 0 Å². The molecule has 1 aliphatic heterocycles. The average Bonchev–Trinajstić information content (AvgIpc) is 3.70. The Labute approximate surface area is 492 Å². The molecule has 0 saturated carbocycles. The third kappa shape index (κ3) is 22.5. The van der Waals surface area contributed by atoms with E-state index in [4.69, 9.17) is 17.2 Å². The standard InChI is InChI=1S/C55H88N14O16/c1-8-29(6)43(67-45(75)33(56)25-70)53(83)69-20-12-16-41(69)52(82)65-39(23-31-24-60-34-14-10-9-13-32(31)34)49(79)66-40(26-71)51(81)64-37(21-27(2)3)48(78)62-36(17-18-42(73)74)47(77)61-35(15-11-19-59-55(57)58)46(76)63-38(22-28(4)5)50(80)68-44(30(7)72)54(84)85/h9-10,13-14,24,27-30,33,35-41,43-44,60,70-72H,8,11-12,15-23,25-26,56H2,1-7H3,(H,61,77)(H,62,78)(H,63,76)(H,64,81)(H,65,82)(H,66,79)(H,67,75)(H,68,80)(H,73,74)(H,84,85)(H4,57,58,59)/t29-,30+,33-,35-,36-,37-,38-,39-,40-,41-,43-,44-/m0/s1. The zero-order valence-electron chi connectivity index (χ0n) is 49.2. The van der Waals surface area contributed by atoms with Gasteiger partial charge in [-0.3, -0.25) is 52.9 Å². The second-order valence-electron chi connectivity index (χ2n) is 22.2. The average molecular weight is 1200 g/mol. The van der Waals surface area contributed by atoms with Gasteiger partial charge in [0.15, 0.2) is 12.0 Å². The number of para-hydroxylation sites is 1. The van der Waals surface area contributed by atoms with Gasteiger partial charge in [-0.25, -0.2) is 4.79 Å². The number of carboxylic acid groups (broad SMARTS) is 2. The van der Waals surface area contributed by atoms with Crippen LogP contribution in [-0.4, -0.2) is 199 Å². The lowest BCUT2D eigenvalue weighted by molar-refractivity contribution is -0.145. The van der Waals surface area contributed by atoms with Crippen molar-refractivity contribution < 1.29 is 78.3 Å². The molecule has 9 amide bonds. The molecule has 0 aliphatic carbocycles. The first-order chi connectivity index (χ1) is 40.0. The van der Waals surface area contributed by atoms with Crippen LogP contribution in [0.2, 0.25) is 0 Å². The maximum absolute atomic E-state index is 14.5. The number of guanidine groups is 1. The van der Waals surface area contributed by atoms with Crippen LogP contribution in [0.1, 0.15) is 112 Å². The molecule has 0 radical (unpaired) electrons. The number of aliphatic imine (C=N–C) groups is 1. The number of aromatic nitrogens is 1. The molecule has 1 saturated heterocycles. The molecule has 30 heteroatoms. The summed E-state index contributed by atoms with van der Waals surface area (Å²) in [4.78, 5) is 158. The van der Waals surface area contributed by atoms with Gasteiger partial charge in [-0.05, 0) is 81.3 Å². The van der Waals surface area contributed by atoms with E-state index in [-0.39, 0.29) is 69.4 Å². The van der Waals surface area contributed by atoms with Crippen LogP contribution < -0.4 is 59.7 Å². The Morgan fingerprint density at radius 2 is 1.19 bits per heavy atom. The van der Waals surface area contributed by atoms with Gasteiger partial charge in [-0.15, -0.1) is 0 Å². The van der Waals surface area contributed by atoms with Gasteiger partial charge in [0.25, 0.3) is 0 Å². The van der Waals surface area contributed by atoms with E-state index in [9.17, 15) is 78.3 Å². The number of aliphatic hydroxyl groups excluding tert-OH is 3. The third-order valence-electron chi connectivity index (χ3n) is 14.3. The first-order valence-corrected chi connectivity index (χ1v) is 28.5. The van der Waals surface area contributed by atoms with E-state index in [1.165, 1.54) is 4.90 Å². The quantitative estimate of drug-likeness (QED) is 0.0178. The van der Waals surface area contributed by atoms with Crippen molar-refractivity contribution in [2.45, 2.75) is 179 Å². The Morgan fingerprint density at radius 1 is 0.671 bits per heavy atom. The van der Waals surface area contributed by atoms with Gasteiger partial charge in [0.05, 0.1) is 19.3 Å². The number of amides is 9. The van der Waals surface area contributed by atoms with Gasteiger partial charge in [0, 0.05) is 43.0 Å². The number of nitrogens with two attached hydrogens (primary N) is 3. The SMILES string of the molecule is CC[C@H](C)[C@H](NC(=O)[C@@H](N)CO)C(=O)N1CCC[C@H]1C(=O)N[C@@H](Cc1c[nH]c2ccccc12)C(=O)N[C@@H](CO)C(=O)N[C@@H](CC(C)C)C(=O)N[C@@H](CCC(=O)O)C(=O)N[C@@H](CCCN=C(N)N)C(=O)N[C@@H](CC(C)C)C(=O)N[C@H](C(=O)O)[C@@H](C)O. The van der Waals surface area contributed by atoms with Crippen molar-refractivity contribution in [1.82, 2.24) is 52.4 Å². The maximum atomic E-state index is 14.5. The van der Waals surface area contributed by atoms with E-state index >= 15 is 0 Å². The number of carbonyl (C=O) groups excluding carboxylic acids is 9. The predicted molar refractivity (Wildman–Crippen MR) is 309 cm³/mol. The second kappa shape index (κ2) is 34.7. The minimum absolute atomic E-state index is 0.0299. The van der Waals surface area contributed by atoms with Gasteiger partial charge in [-0.1, -0.05) is 66.2 Å². The van der Waals surface area contributed by atoms with E-state index in [0.717, 1.165) is 6.92 Å². The summed E-state index contributed by atoms with van der Waals surface area (Å²) in [5, 5.41) is 70.1. The highest BCUT2D eigenvalue weighted by Crippen LogP contribution is 2.24. The van der Waals surface area contributed by atoms with Gasteiger partial charge < -0.3 is 95.2 Å². The Morgan fingerprint density at radius 3 is 1.72 bits per heavy atom. The van der Waals surface area contributed by atoms with Crippen molar-refractivity contribution in [1.29, 1.82) is 0 Å². The van der Waals surface area contributed by atoms with Crippen molar-refractivity contribution in [2.75, 3.05) is 26.3 Å². The van der Waals surface area contributed by atoms with Crippen molar-refractivity contribution in [3.8, 4) is 0 Å². The minimum atomic E-state index is -1.78. The van der Waals surface area contributed by atoms with Gasteiger partial charge in [-0.2, -0.15) is 0 Å². The first kappa shape index (κ1) is 71.3. The number of fused-ring (bicyclic) bond motifs is 1. The smallest absolute Gasteiger partial charge is 0.328 e. The highest BCUT2D eigenvalue weighted by molar-refractivity contribution is 5.99. The summed E-state index contributed by atoms with van der Waals surface area (Å²) >= 11 is 0. The van der Waals surface area contributed by atoms with E-state index < -0.39 is 164 Å². The molecule has 0 spiro atoms. The lowest BCUT2D eigenvalue weighted by Gasteiger charge is -2.32. The van der Waals surface area contributed by atoms with E-state index in [1.807, 2.05) is 0 Å². The molecule has 20 N–H and O–H groups in total. The Bertz CT molecular complexity index is 2660. The molecule has 1 fully saturated rings. The van der Waals surface area contributed by atoms with Crippen LogP contribution in [0.4, 0.5) is 0 Å². The van der Waals surface area contributed by atoms with Crippen molar-refractivity contribution in [3.05, 3.63) is 36.0 Å². The number of likely N-dealkylation sites (tertiary alicyclic amines) is 1. The largest absolute Gasteiger partial charge is 0.481 e. The van der Waals surface area contributed by atoms with Crippen molar-refractivity contribution in [3.63, 3.8) is 0 Å². The third-order valence-corrected chi connectivity index (χ3v) is 14.3. The fourth-order valence-electron chi connectivity index (χ4n) is 9.42. The predicted octanol–water partition coefficient (Wildman–Crippen LogP) is -3.59. The first-order valence-electron chi connectivity index (χ1n) is 28.5. The van der Waals surface area contributed by atoms with Crippen molar-refractivity contribution >= 4 is 82.0 Å². The van der Waals surface area contributed by atoms with Crippen LogP contribution in [-0.2, 0) is 59.2 Å². The molecule has 12 atom stereocenters. The van der Waals surface area contributed by atoms with Gasteiger partial charge in [0.1, 0.15) is 54.4 Å². The summed E-state index contributed by atoms with van der Waals surface area (Å²) in [6.45, 7) is 9.87. The molecule has 85 heavy (non-hydrogen) atoms. The topological polar surface area (TPSA) is 495 Å². The van der Waals surface area contributed by atoms with Gasteiger partial charge in [0.2, 0.25) is 53.2 Å². The highest BCUT2D eigenvalue weighted by atomic mass is 16.4. The monoisotopic (exact) mass is 1200 g/mol. The summed E-state index contributed by atoms with van der Waals surface area (Å²) in [5.74, 6) is -12.4. The van der Waals surface area contributed by atoms with Crippen molar-refractivity contribution in [2.24, 2.45) is 39.9 Å². The molecule has 0 bridgehead atoms. The van der Waals surface area contributed by atoms with Crippen LogP contribution in [0, 0.1) is 17.8 Å².